The van der Waals surface area contributed by atoms with Crippen molar-refractivity contribution in [3.05, 3.63) is 206 Å². The summed E-state index contributed by atoms with van der Waals surface area (Å²) in [4.78, 5) is 29.4. The highest BCUT2D eigenvalue weighted by Gasteiger charge is 2.19. The van der Waals surface area contributed by atoms with Gasteiger partial charge in [0, 0.05) is 44.3 Å². The third-order valence-corrected chi connectivity index (χ3v) is 10.4. The normalized spacial score (nSPS) is 11.0. The van der Waals surface area contributed by atoms with Crippen molar-refractivity contribution in [3.8, 4) is 96.7 Å². The van der Waals surface area contributed by atoms with E-state index in [1.165, 1.54) is 0 Å². The Kier molecular flexibility index (Phi) is 9.47. The van der Waals surface area contributed by atoms with E-state index in [4.69, 9.17) is 29.9 Å². The van der Waals surface area contributed by atoms with Gasteiger partial charge in [0.15, 0.2) is 34.9 Å². The number of benzene rings is 8. The number of aromatic nitrogens is 6. The van der Waals surface area contributed by atoms with E-state index in [1.807, 2.05) is 176 Å². The Hall–Kier alpha value is -8.47. The lowest BCUT2D eigenvalue weighted by molar-refractivity contribution is 1.07. The van der Waals surface area contributed by atoms with Crippen molar-refractivity contribution < 1.29 is 0 Å². The van der Waals surface area contributed by atoms with Gasteiger partial charge >= 0.3 is 0 Å². The highest BCUT2D eigenvalue weighted by atomic mass is 15.0. The molecule has 0 unspecified atom stereocenters. The predicted octanol–water partition coefficient (Wildman–Crippen LogP) is 12.4. The van der Waals surface area contributed by atoms with Crippen molar-refractivity contribution in [2.45, 2.75) is 0 Å². The van der Waals surface area contributed by atoms with E-state index in [9.17, 15) is 5.26 Å². The first-order chi connectivity index (χ1) is 29.7. The molecule has 0 saturated carbocycles. The monoisotopic (exact) mass is 767 g/mol. The molecular formula is C53H33N7. The summed E-state index contributed by atoms with van der Waals surface area (Å²) < 4.78 is 0. The zero-order valence-corrected chi connectivity index (χ0v) is 32.2. The Bertz CT molecular complexity index is 3050. The smallest absolute Gasteiger partial charge is 0.164 e. The first kappa shape index (κ1) is 35.9. The van der Waals surface area contributed by atoms with Crippen LogP contribution in [-0.4, -0.2) is 29.9 Å². The Balaban J connectivity index is 1.07. The summed E-state index contributed by atoms with van der Waals surface area (Å²) in [6.07, 6.45) is 0. The van der Waals surface area contributed by atoms with Crippen LogP contribution in [0.1, 0.15) is 5.56 Å². The largest absolute Gasteiger partial charge is 0.208 e. The van der Waals surface area contributed by atoms with Crippen LogP contribution in [-0.2, 0) is 0 Å². The van der Waals surface area contributed by atoms with Gasteiger partial charge < -0.3 is 0 Å². The maximum Gasteiger partial charge on any atom is 0.164 e. The number of nitriles is 1. The summed E-state index contributed by atoms with van der Waals surface area (Å²) in [6, 6.07) is 68.9. The van der Waals surface area contributed by atoms with Gasteiger partial charge in [0.1, 0.15) is 6.07 Å². The molecule has 280 valence electrons. The highest BCUT2D eigenvalue weighted by Crippen LogP contribution is 2.41. The summed E-state index contributed by atoms with van der Waals surface area (Å²) in [7, 11) is 0. The molecule has 2 aromatic heterocycles. The molecule has 0 aliphatic heterocycles. The second kappa shape index (κ2) is 15.8. The molecule has 0 fully saturated rings. The Morgan fingerprint density at radius 1 is 0.300 bits per heavy atom. The van der Waals surface area contributed by atoms with Gasteiger partial charge in [0.2, 0.25) is 0 Å². The van der Waals surface area contributed by atoms with Crippen molar-refractivity contribution in [2.24, 2.45) is 0 Å². The fourth-order valence-electron chi connectivity index (χ4n) is 7.45. The standard InChI is InChI=1S/C53H33N7/c54-34-46-44-24-14-13-23-43(44)33-45(35-25-29-41(30-26-35)52-57-48(37-15-5-1-6-16-37)55-49(58-52)38-17-7-2-8-18-38)47(46)36-27-31-42(32-28-36)53-59-50(39-19-9-3-10-20-39)56-51(60-53)40-21-11-4-12-22-40/h1-33H. The molecule has 60 heavy (non-hydrogen) atoms. The second-order valence-electron chi connectivity index (χ2n) is 14.2. The van der Waals surface area contributed by atoms with Gasteiger partial charge in [0.05, 0.1) is 5.56 Å². The Morgan fingerprint density at radius 2 is 0.600 bits per heavy atom. The summed E-state index contributed by atoms with van der Waals surface area (Å²) in [6.45, 7) is 0. The van der Waals surface area contributed by atoms with Crippen LogP contribution in [0.15, 0.2) is 200 Å². The van der Waals surface area contributed by atoms with Crippen LogP contribution in [0.25, 0.3) is 101 Å². The molecule has 0 aliphatic rings. The van der Waals surface area contributed by atoms with Crippen LogP contribution in [0, 0.1) is 11.3 Å². The molecule has 0 spiro atoms. The van der Waals surface area contributed by atoms with Crippen molar-refractivity contribution >= 4 is 10.8 Å². The van der Waals surface area contributed by atoms with Crippen LogP contribution in [0.4, 0.5) is 0 Å². The van der Waals surface area contributed by atoms with Gasteiger partial charge in [-0.15, -0.1) is 0 Å². The number of rotatable bonds is 8. The Morgan fingerprint density at radius 3 is 0.967 bits per heavy atom. The van der Waals surface area contributed by atoms with Crippen LogP contribution in [0.5, 0.6) is 0 Å². The van der Waals surface area contributed by atoms with Crippen LogP contribution in [0.2, 0.25) is 0 Å². The minimum atomic E-state index is 0.563. The van der Waals surface area contributed by atoms with E-state index in [0.717, 1.165) is 66.4 Å². The van der Waals surface area contributed by atoms with E-state index >= 15 is 0 Å². The van der Waals surface area contributed by atoms with Gasteiger partial charge in [-0.3, -0.25) is 0 Å². The first-order valence-electron chi connectivity index (χ1n) is 19.6. The molecule has 8 aromatic carbocycles. The third kappa shape index (κ3) is 7.06. The lowest BCUT2D eigenvalue weighted by Crippen LogP contribution is -2.00. The lowest BCUT2D eigenvalue weighted by atomic mass is 9.86. The topological polar surface area (TPSA) is 101 Å². The zero-order chi connectivity index (χ0) is 40.3. The molecule has 7 nitrogen and oxygen atoms in total. The first-order valence-corrected chi connectivity index (χ1v) is 19.6. The van der Waals surface area contributed by atoms with Gasteiger partial charge in [-0.05, 0) is 28.1 Å². The molecule has 0 saturated heterocycles. The number of hydrogen-bond donors (Lipinski definition) is 0. The SMILES string of the molecule is N#Cc1c(-c2ccc(-c3nc(-c4ccccc4)nc(-c4ccccc4)n3)cc2)c(-c2ccc(-c3nc(-c4ccccc4)nc(-c4ccccc4)n3)cc2)cc2ccccc12. The minimum absolute atomic E-state index is 0.563. The van der Waals surface area contributed by atoms with E-state index in [0.29, 0.717) is 40.5 Å². The molecule has 0 aliphatic carbocycles. The minimum Gasteiger partial charge on any atom is -0.208 e. The molecule has 0 atom stereocenters. The summed E-state index contributed by atoms with van der Waals surface area (Å²) in [5.74, 6) is 3.54. The second-order valence-corrected chi connectivity index (χ2v) is 14.2. The predicted molar refractivity (Wildman–Crippen MR) is 239 cm³/mol. The van der Waals surface area contributed by atoms with Gasteiger partial charge in [-0.2, -0.15) is 5.26 Å². The van der Waals surface area contributed by atoms with E-state index in [2.05, 4.69) is 30.3 Å². The molecule has 7 heteroatoms. The average Bonchev–Trinajstić information content (AvgIpc) is 3.34. The number of hydrogen-bond acceptors (Lipinski definition) is 7. The third-order valence-electron chi connectivity index (χ3n) is 10.4. The van der Waals surface area contributed by atoms with Crippen molar-refractivity contribution in [2.75, 3.05) is 0 Å². The van der Waals surface area contributed by atoms with Gasteiger partial charge in [-0.1, -0.05) is 194 Å². The van der Waals surface area contributed by atoms with Crippen LogP contribution >= 0.6 is 0 Å². The van der Waals surface area contributed by atoms with Crippen molar-refractivity contribution in [1.29, 1.82) is 5.26 Å². The zero-order valence-electron chi connectivity index (χ0n) is 32.2. The molecular weight excluding hydrogens is 735 g/mol. The molecule has 10 rings (SSSR count). The fraction of sp³-hybridized carbons (Fsp3) is 0. The molecule has 2 heterocycles. The molecule has 0 amide bonds. The Labute approximate surface area is 347 Å². The summed E-state index contributed by atoms with van der Waals surface area (Å²) in [5.41, 5.74) is 9.57. The van der Waals surface area contributed by atoms with Crippen LogP contribution < -0.4 is 0 Å². The van der Waals surface area contributed by atoms with E-state index < -0.39 is 0 Å². The highest BCUT2D eigenvalue weighted by molar-refractivity contribution is 6.02. The summed E-state index contributed by atoms with van der Waals surface area (Å²) in [5, 5.41) is 12.7. The van der Waals surface area contributed by atoms with Gasteiger partial charge in [-0.25, -0.2) is 29.9 Å². The van der Waals surface area contributed by atoms with Crippen molar-refractivity contribution in [1.82, 2.24) is 29.9 Å². The van der Waals surface area contributed by atoms with Gasteiger partial charge in [0.25, 0.3) is 0 Å². The number of fused-ring (bicyclic) bond motifs is 1. The molecule has 10 aromatic rings. The maximum atomic E-state index is 10.8. The molecule has 0 bridgehead atoms. The number of nitrogens with zero attached hydrogens (tertiary/aromatic N) is 7. The maximum absolute atomic E-state index is 10.8. The molecule has 0 N–H and O–H groups in total. The molecule has 0 radical (unpaired) electrons. The quantitative estimate of drug-likeness (QED) is 0.152. The van der Waals surface area contributed by atoms with E-state index in [-0.39, 0.29) is 0 Å². The van der Waals surface area contributed by atoms with E-state index in [1.54, 1.807) is 0 Å². The van der Waals surface area contributed by atoms with Crippen molar-refractivity contribution in [3.63, 3.8) is 0 Å². The fourth-order valence-corrected chi connectivity index (χ4v) is 7.45. The lowest BCUT2D eigenvalue weighted by Gasteiger charge is -2.16. The average molecular weight is 768 g/mol. The summed E-state index contributed by atoms with van der Waals surface area (Å²) >= 11 is 0. The van der Waals surface area contributed by atoms with Crippen LogP contribution in [0.3, 0.4) is 0 Å².